The number of aromatic nitrogens is 2. The highest BCUT2D eigenvalue weighted by atomic mass is 15.2. The van der Waals surface area contributed by atoms with Gasteiger partial charge < -0.3 is 5.32 Å². The van der Waals surface area contributed by atoms with Gasteiger partial charge in [-0.1, -0.05) is 0 Å². The van der Waals surface area contributed by atoms with Crippen LogP contribution in [-0.2, 0) is 6.54 Å². The lowest BCUT2D eigenvalue weighted by molar-refractivity contribution is 0.261. The zero-order valence-corrected chi connectivity index (χ0v) is 9.19. The molecule has 2 rings (SSSR count). The first-order valence-electron chi connectivity index (χ1n) is 5.55. The highest BCUT2D eigenvalue weighted by Crippen LogP contribution is 2.05. The number of nitrogens with zero attached hydrogens (tertiary/aromatic N) is 3. The maximum atomic E-state index is 4.26. The molecule has 2 heterocycles. The van der Waals surface area contributed by atoms with E-state index < -0.39 is 0 Å². The Morgan fingerprint density at radius 2 is 2.53 bits per heavy atom. The van der Waals surface area contributed by atoms with Crippen molar-refractivity contribution in [1.29, 1.82) is 0 Å². The van der Waals surface area contributed by atoms with E-state index in [0.717, 1.165) is 31.9 Å². The number of nitrogens with one attached hydrogen (secondary N) is 1. The van der Waals surface area contributed by atoms with Gasteiger partial charge in [-0.25, -0.2) is 9.97 Å². The molecular weight excluding hydrogens is 188 g/mol. The smallest absolute Gasteiger partial charge is 0.115 e. The Bertz CT molecular complexity index is 288. The van der Waals surface area contributed by atoms with Crippen molar-refractivity contribution in [2.24, 2.45) is 0 Å². The number of hydrogen-bond donors (Lipinski definition) is 1. The van der Waals surface area contributed by atoms with Crippen LogP contribution in [0.5, 0.6) is 0 Å². The molecule has 0 aliphatic carbocycles. The molecule has 0 radical (unpaired) electrons. The summed E-state index contributed by atoms with van der Waals surface area (Å²) in [6.45, 7) is 6.56. The van der Waals surface area contributed by atoms with E-state index in [2.05, 4.69) is 27.1 Å². The predicted octanol–water partition coefficient (Wildman–Crippen LogP) is 0.660. The Morgan fingerprint density at radius 1 is 1.60 bits per heavy atom. The van der Waals surface area contributed by atoms with Gasteiger partial charge >= 0.3 is 0 Å². The summed E-state index contributed by atoms with van der Waals surface area (Å²) in [5.41, 5.74) is 1.11. The van der Waals surface area contributed by atoms with Crippen LogP contribution in [0.25, 0.3) is 0 Å². The zero-order chi connectivity index (χ0) is 10.5. The van der Waals surface area contributed by atoms with Gasteiger partial charge in [-0.05, 0) is 32.5 Å². The topological polar surface area (TPSA) is 41.1 Å². The van der Waals surface area contributed by atoms with Gasteiger partial charge in [0.15, 0.2) is 0 Å². The summed E-state index contributed by atoms with van der Waals surface area (Å²) in [5.74, 6) is 0. The molecule has 4 nitrogen and oxygen atoms in total. The van der Waals surface area contributed by atoms with E-state index in [1.165, 1.54) is 6.42 Å². The van der Waals surface area contributed by atoms with E-state index in [4.69, 9.17) is 0 Å². The number of hydrogen-bond acceptors (Lipinski definition) is 4. The Balaban J connectivity index is 1.93. The van der Waals surface area contributed by atoms with Crippen LogP contribution in [0.4, 0.5) is 0 Å². The van der Waals surface area contributed by atoms with Gasteiger partial charge in [0, 0.05) is 25.3 Å². The molecule has 0 bridgehead atoms. The van der Waals surface area contributed by atoms with E-state index in [0.29, 0.717) is 6.04 Å². The van der Waals surface area contributed by atoms with Gasteiger partial charge in [0.25, 0.3) is 0 Å². The molecule has 0 spiro atoms. The average molecular weight is 206 g/mol. The first-order chi connectivity index (χ1) is 7.34. The van der Waals surface area contributed by atoms with Crippen LogP contribution in [0, 0.1) is 0 Å². The normalized spacial score (nSPS) is 23.7. The molecule has 82 valence electrons. The van der Waals surface area contributed by atoms with Crippen LogP contribution < -0.4 is 5.32 Å². The molecule has 0 amide bonds. The second kappa shape index (κ2) is 5.19. The molecule has 0 aromatic carbocycles. The maximum Gasteiger partial charge on any atom is 0.115 e. The lowest BCUT2D eigenvalue weighted by Gasteiger charge is -2.21. The molecule has 1 aromatic rings. The lowest BCUT2D eigenvalue weighted by Crippen LogP contribution is -2.35. The Kier molecular flexibility index (Phi) is 3.64. The zero-order valence-electron chi connectivity index (χ0n) is 9.19. The largest absolute Gasteiger partial charge is 0.313 e. The Morgan fingerprint density at radius 3 is 3.33 bits per heavy atom. The molecular formula is C11H18N4. The van der Waals surface area contributed by atoms with Crippen molar-refractivity contribution >= 4 is 0 Å². The fourth-order valence-electron chi connectivity index (χ4n) is 1.98. The van der Waals surface area contributed by atoms with Crippen molar-refractivity contribution in [3.8, 4) is 0 Å². The van der Waals surface area contributed by atoms with Gasteiger partial charge in [0.05, 0.1) is 5.69 Å². The molecule has 4 heteroatoms. The lowest BCUT2D eigenvalue weighted by atomic mass is 10.3. The summed E-state index contributed by atoms with van der Waals surface area (Å²) in [6, 6.07) is 2.57. The van der Waals surface area contributed by atoms with Gasteiger partial charge in [-0.15, -0.1) is 0 Å². The first kappa shape index (κ1) is 10.5. The fourth-order valence-corrected chi connectivity index (χ4v) is 1.98. The van der Waals surface area contributed by atoms with Crippen LogP contribution in [-0.4, -0.2) is 40.5 Å². The van der Waals surface area contributed by atoms with Crippen LogP contribution in [0.2, 0.25) is 0 Å². The average Bonchev–Trinajstić information content (AvgIpc) is 2.44. The van der Waals surface area contributed by atoms with E-state index in [9.17, 15) is 0 Å². The molecule has 15 heavy (non-hydrogen) atoms. The molecule has 1 unspecified atom stereocenters. The minimum atomic E-state index is 0.578. The van der Waals surface area contributed by atoms with Crippen molar-refractivity contribution in [2.75, 3.05) is 19.6 Å². The minimum Gasteiger partial charge on any atom is -0.313 e. The first-order valence-corrected chi connectivity index (χ1v) is 5.55. The van der Waals surface area contributed by atoms with Crippen LogP contribution in [0.1, 0.15) is 19.0 Å². The van der Waals surface area contributed by atoms with Gasteiger partial charge in [-0.3, -0.25) is 4.90 Å². The third kappa shape index (κ3) is 3.25. The highest BCUT2D eigenvalue weighted by Gasteiger charge is 2.14. The van der Waals surface area contributed by atoms with E-state index in [1.807, 2.05) is 12.3 Å². The highest BCUT2D eigenvalue weighted by molar-refractivity contribution is 4.97. The maximum absolute atomic E-state index is 4.26. The molecule has 1 atom stereocenters. The molecule has 0 saturated carbocycles. The molecule has 1 aromatic heterocycles. The molecule has 1 saturated heterocycles. The summed E-state index contributed by atoms with van der Waals surface area (Å²) in [5, 5.41) is 3.49. The second-order valence-electron chi connectivity index (χ2n) is 4.14. The summed E-state index contributed by atoms with van der Waals surface area (Å²) >= 11 is 0. The summed E-state index contributed by atoms with van der Waals surface area (Å²) in [6.07, 6.45) is 4.64. The predicted molar refractivity (Wildman–Crippen MR) is 59.4 cm³/mol. The standard InChI is InChI=1S/C11H18N4/c1-10-7-15(6-2-4-13-10)8-11-3-5-12-9-14-11/h3,5,9-10,13H,2,4,6-8H2,1H3. The van der Waals surface area contributed by atoms with E-state index in [-0.39, 0.29) is 0 Å². The van der Waals surface area contributed by atoms with Crippen molar-refractivity contribution in [2.45, 2.75) is 25.9 Å². The van der Waals surface area contributed by atoms with Crippen molar-refractivity contribution < 1.29 is 0 Å². The summed E-state index contributed by atoms with van der Waals surface area (Å²) in [4.78, 5) is 10.6. The van der Waals surface area contributed by atoms with Gasteiger partial charge in [0.2, 0.25) is 0 Å². The third-order valence-electron chi connectivity index (χ3n) is 2.70. The van der Waals surface area contributed by atoms with Crippen LogP contribution >= 0.6 is 0 Å². The Labute approximate surface area is 90.7 Å². The van der Waals surface area contributed by atoms with Gasteiger partial charge in [0.1, 0.15) is 6.33 Å². The summed E-state index contributed by atoms with van der Waals surface area (Å²) in [7, 11) is 0. The van der Waals surface area contributed by atoms with Gasteiger partial charge in [-0.2, -0.15) is 0 Å². The van der Waals surface area contributed by atoms with Crippen molar-refractivity contribution in [1.82, 2.24) is 20.2 Å². The monoisotopic (exact) mass is 206 g/mol. The van der Waals surface area contributed by atoms with Crippen LogP contribution in [0.3, 0.4) is 0 Å². The second-order valence-corrected chi connectivity index (χ2v) is 4.14. The third-order valence-corrected chi connectivity index (χ3v) is 2.70. The molecule has 1 fully saturated rings. The Hall–Kier alpha value is -1.00. The van der Waals surface area contributed by atoms with E-state index in [1.54, 1.807) is 6.33 Å². The minimum absolute atomic E-state index is 0.578. The van der Waals surface area contributed by atoms with Crippen molar-refractivity contribution in [3.63, 3.8) is 0 Å². The fraction of sp³-hybridized carbons (Fsp3) is 0.636. The SMILES string of the molecule is CC1CN(Cc2ccncn2)CCCN1. The number of rotatable bonds is 2. The van der Waals surface area contributed by atoms with E-state index >= 15 is 0 Å². The molecule has 1 aliphatic heterocycles. The quantitative estimate of drug-likeness (QED) is 0.772. The van der Waals surface area contributed by atoms with Crippen molar-refractivity contribution in [3.05, 3.63) is 24.3 Å². The summed E-state index contributed by atoms with van der Waals surface area (Å²) < 4.78 is 0. The molecule has 1 N–H and O–H groups in total. The molecule has 1 aliphatic rings. The van der Waals surface area contributed by atoms with Crippen LogP contribution in [0.15, 0.2) is 18.6 Å².